The maximum Gasteiger partial charge on any atom is 0.262 e. The second kappa shape index (κ2) is 6.18. The SMILES string of the molecule is Cc1cc2c(c3c4ccccc4n(C)c13)C(=O)N(C[C@@H](C)C(N)CN)C2=O. The first-order chi connectivity index (χ1) is 12.9. The molecule has 4 rings (SSSR count). The van der Waals surface area contributed by atoms with Crippen molar-refractivity contribution in [3.05, 3.63) is 47.0 Å². The lowest BCUT2D eigenvalue weighted by molar-refractivity contribution is 0.0627. The number of rotatable bonds is 4. The van der Waals surface area contributed by atoms with Crippen LogP contribution in [0, 0.1) is 12.8 Å². The molecule has 0 aliphatic carbocycles. The molecular formula is C21H24N4O2. The number of carbonyl (C=O) groups excluding carboxylic acids is 2. The van der Waals surface area contributed by atoms with Crippen LogP contribution in [0.5, 0.6) is 0 Å². The van der Waals surface area contributed by atoms with Gasteiger partial charge in [-0.25, -0.2) is 0 Å². The molecule has 2 atom stereocenters. The summed E-state index contributed by atoms with van der Waals surface area (Å²) >= 11 is 0. The Morgan fingerprint density at radius 3 is 2.56 bits per heavy atom. The Morgan fingerprint density at radius 2 is 1.85 bits per heavy atom. The average Bonchev–Trinajstić information content (AvgIpc) is 3.09. The minimum absolute atomic E-state index is 0.0682. The maximum absolute atomic E-state index is 13.3. The predicted molar refractivity (Wildman–Crippen MR) is 107 cm³/mol. The summed E-state index contributed by atoms with van der Waals surface area (Å²) in [4.78, 5) is 27.6. The van der Waals surface area contributed by atoms with Crippen LogP contribution in [0.15, 0.2) is 30.3 Å². The predicted octanol–water partition coefficient (Wildman–Crippen LogP) is 2.16. The number of aryl methyl sites for hydroxylation is 2. The molecule has 1 aromatic heterocycles. The standard InChI is InChI=1S/C21H24N4O2/c1-11-8-14-18(17-13-6-4-5-7-16(13)24(3)19(11)17)21(27)25(20(14)26)10-12(2)15(23)9-22/h4-8,12,15H,9-10,22-23H2,1-3H3/t12-,15?/m1/s1. The van der Waals surface area contributed by atoms with Crippen molar-refractivity contribution in [3.8, 4) is 0 Å². The van der Waals surface area contributed by atoms with E-state index in [-0.39, 0.29) is 30.3 Å². The lowest BCUT2D eigenvalue weighted by Crippen LogP contribution is -2.43. The fourth-order valence-corrected chi connectivity index (χ4v) is 4.18. The lowest BCUT2D eigenvalue weighted by atomic mass is 9.99. The molecule has 2 aromatic carbocycles. The van der Waals surface area contributed by atoms with E-state index < -0.39 is 0 Å². The molecule has 0 saturated carbocycles. The maximum atomic E-state index is 13.3. The first kappa shape index (κ1) is 17.7. The van der Waals surface area contributed by atoms with Gasteiger partial charge in [-0.05, 0) is 30.5 Å². The second-order valence-electron chi connectivity index (χ2n) is 7.51. The number of para-hydroxylation sites is 1. The minimum atomic E-state index is -0.256. The van der Waals surface area contributed by atoms with Crippen molar-refractivity contribution in [1.29, 1.82) is 0 Å². The molecular weight excluding hydrogens is 340 g/mol. The Hall–Kier alpha value is -2.70. The van der Waals surface area contributed by atoms with Crippen LogP contribution in [0.1, 0.15) is 33.2 Å². The fraction of sp³-hybridized carbons (Fsp3) is 0.333. The van der Waals surface area contributed by atoms with E-state index in [2.05, 4.69) is 4.57 Å². The first-order valence-electron chi connectivity index (χ1n) is 9.19. The van der Waals surface area contributed by atoms with Gasteiger partial charge in [-0.3, -0.25) is 14.5 Å². The van der Waals surface area contributed by atoms with Crippen LogP contribution >= 0.6 is 0 Å². The topological polar surface area (TPSA) is 94.3 Å². The van der Waals surface area contributed by atoms with E-state index in [0.717, 1.165) is 27.4 Å². The number of hydrogen-bond donors (Lipinski definition) is 2. The molecule has 3 aromatic rings. The molecule has 1 unspecified atom stereocenters. The molecule has 2 amide bonds. The molecule has 27 heavy (non-hydrogen) atoms. The van der Waals surface area contributed by atoms with E-state index in [1.807, 2.05) is 51.2 Å². The fourth-order valence-electron chi connectivity index (χ4n) is 4.18. The van der Waals surface area contributed by atoms with Crippen molar-refractivity contribution in [2.75, 3.05) is 13.1 Å². The van der Waals surface area contributed by atoms with Gasteiger partial charge in [0.05, 0.1) is 16.6 Å². The number of amides is 2. The molecule has 1 aliphatic rings. The molecule has 4 N–H and O–H groups in total. The highest BCUT2D eigenvalue weighted by Crippen LogP contribution is 2.38. The molecule has 0 fully saturated rings. The number of nitrogens with zero attached hydrogens (tertiary/aromatic N) is 2. The second-order valence-corrected chi connectivity index (χ2v) is 7.51. The summed E-state index contributed by atoms with van der Waals surface area (Å²) in [6, 6.07) is 9.55. The normalized spacial score (nSPS) is 16.4. The van der Waals surface area contributed by atoms with Crippen molar-refractivity contribution >= 4 is 33.6 Å². The largest absolute Gasteiger partial charge is 0.343 e. The van der Waals surface area contributed by atoms with Gasteiger partial charge in [0, 0.05) is 42.5 Å². The summed E-state index contributed by atoms with van der Waals surface area (Å²) < 4.78 is 2.09. The smallest absolute Gasteiger partial charge is 0.262 e. The van der Waals surface area contributed by atoms with Crippen LogP contribution in [0.4, 0.5) is 0 Å². The highest BCUT2D eigenvalue weighted by molar-refractivity contribution is 6.30. The molecule has 6 nitrogen and oxygen atoms in total. The van der Waals surface area contributed by atoms with Crippen LogP contribution < -0.4 is 11.5 Å². The molecule has 1 aliphatic heterocycles. The van der Waals surface area contributed by atoms with Gasteiger partial charge >= 0.3 is 0 Å². The number of hydrogen-bond acceptors (Lipinski definition) is 4. The third-order valence-corrected chi connectivity index (χ3v) is 5.77. The van der Waals surface area contributed by atoms with Gasteiger partial charge < -0.3 is 16.0 Å². The monoisotopic (exact) mass is 364 g/mol. The Balaban J connectivity index is 1.93. The van der Waals surface area contributed by atoms with Gasteiger partial charge in [-0.2, -0.15) is 0 Å². The number of nitrogens with two attached hydrogens (primary N) is 2. The molecule has 2 heterocycles. The third kappa shape index (κ3) is 2.40. The zero-order chi connectivity index (χ0) is 19.5. The van der Waals surface area contributed by atoms with Crippen LogP contribution in [0.3, 0.4) is 0 Å². The number of imide groups is 1. The Kier molecular flexibility index (Phi) is 4.05. The first-order valence-corrected chi connectivity index (χ1v) is 9.19. The van der Waals surface area contributed by atoms with Crippen LogP contribution in [0.25, 0.3) is 21.8 Å². The minimum Gasteiger partial charge on any atom is -0.343 e. The van der Waals surface area contributed by atoms with Gasteiger partial charge in [0.25, 0.3) is 11.8 Å². The zero-order valence-electron chi connectivity index (χ0n) is 15.8. The molecule has 0 spiro atoms. The van der Waals surface area contributed by atoms with Gasteiger partial charge in [0.2, 0.25) is 0 Å². The van der Waals surface area contributed by atoms with E-state index in [0.29, 0.717) is 17.7 Å². The van der Waals surface area contributed by atoms with Crippen molar-refractivity contribution in [2.24, 2.45) is 24.4 Å². The Morgan fingerprint density at radius 1 is 1.15 bits per heavy atom. The van der Waals surface area contributed by atoms with E-state index in [1.165, 1.54) is 4.90 Å². The Labute approximate surface area is 157 Å². The van der Waals surface area contributed by atoms with E-state index in [1.54, 1.807) is 0 Å². The highest BCUT2D eigenvalue weighted by atomic mass is 16.2. The quantitative estimate of drug-likeness (QED) is 0.694. The third-order valence-electron chi connectivity index (χ3n) is 5.77. The molecule has 0 radical (unpaired) electrons. The molecule has 6 heteroatoms. The average molecular weight is 364 g/mol. The van der Waals surface area contributed by atoms with Gasteiger partial charge in [0.15, 0.2) is 0 Å². The van der Waals surface area contributed by atoms with Crippen molar-refractivity contribution < 1.29 is 9.59 Å². The summed E-state index contributed by atoms with van der Waals surface area (Å²) in [6.07, 6.45) is 0. The zero-order valence-corrected chi connectivity index (χ0v) is 15.8. The number of carbonyl (C=O) groups is 2. The number of benzene rings is 2. The molecule has 0 bridgehead atoms. The van der Waals surface area contributed by atoms with Crippen molar-refractivity contribution in [3.63, 3.8) is 0 Å². The highest BCUT2D eigenvalue weighted by Gasteiger charge is 2.39. The van der Waals surface area contributed by atoms with E-state index >= 15 is 0 Å². The number of fused-ring (bicyclic) bond motifs is 5. The summed E-state index contributed by atoms with van der Waals surface area (Å²) in [5.41, 5.74) is 15.7. The van der Waals surface area contributed by atoms with E-state index in [9.17, 15) is 9.59 Å². The van der Waals surface area contributed by atoms with Crippen LogP contribution in [-0.2, 0) is 7.05 Å². The Bertz CT molecular complexity index is 1100. The lowest BCUT2D eigenvalue weighted by Gasteiger charge is -2.23. The number of aromatic nitrogens is 1. The van der Waals surface area contributed by atoms with Gasteiger partial charge in [-0.1, -0.05) is 25.1 Å². The van der Waals surface area contributed by atoms with Crippen LogP contribution in [-0.4, -0.2) is 40.4 Å². The summed E-state index contributed by atoms with van der Waals surface area (Å²) in [5, 5.41) is 1.85. The van der Waals surface area contributed by atoms with Gasteiger partial charge in [0.1, 0.15) is 0 Å². The molecule has 140 valence electrons. The van der Waals surface area contributed by atoms with E-state index in [4.69, 9.17) is 11.5 Å². The van der Waals surface area contributed by atoms with Gasteiger partial charge in [-0.15, -0.1) is 0 Å². The molecule has 0 saturated heterocycles. The van der Waals surface area contributed by atoms with Crippen LogP contribution in [0.2, 0.25) is 0 Å². The van der Waals surface area contributed by atoms with Crippen molar-refractivity contribution in [2.45, 2.75) is 19.9 Å². The summed E-state index contributed by atoms with van der Waals surface area (Å²) in [7, 11) is 1.99. The van der Waals surface area contributed by atoms with Crippen molar-refractivity contribution in [1.82, 2.24) is 9.47 Å². The summed E-state index contributed by atoms with van der Waals surface area (Å²) in [5.74, 6) is -0.558. The summed E-state index contributed by atoms with van der Waals surface area (Å²) in [6.45, 7) is 4.49.